The zero-order valence-electron chi connectivity index (χ0n) is 7.90. The molecule has 0 bridgehead atoms. The first-order chi connectivity index (χ1) is 7.57. The van der Waals surface area contributed by atoms with Crippen LogP contribution in [0.1, 0.15) is 5.56 Å². The molecule has 1 aliphatic heterocycles. The SMILES string of the molecule is FC(F)(F)c1ccc(B2O[B]O[B]O2)cc1. The highest BCUT2D eigenvalue weighted by molar-refractivity contribution is 6.71. The highest BCUT2D eigenvalue weighted by Crippen LogP contribution is 2.28. The minimum atomic E-state index is -4.34. The molecule has 0 aromatic heterocycles. The molecule has 1 fully saturated rings. The average molecular weight is 226 g/mol. The lowest BCUT2D eigenvalue weighted by Gasteiger charge is -2.18. The molecule has 2 rings (SSSR count). The molecule has 1 aromatic carbocycles. The summed E-state index contributed by atoms with van der Waals surface area (Å²) in [6, 6.07) is 4.52. The molecule has 0 unspecified atom stereocenters. The Balaban J connectivity index is 2.12. The summed E-state index contributed by atoms with van der Waals surface area (Å²) in [5.74, 6) is 0. The molecular weight excluding hydrogens is 222 g/mol. The van der Waals surface area contributed by atoms with Gasteiger partial charge in [-0.1, -0.05) is 24.3 Å². The van der Waals surface area contributed by atoms with Gasteiger partial charge >= 0.3 is 28.7 Å². The molecule has 9 heteroatoms. The number of halogens is 3. The molecule has 16 heavy (non-hydrogen) atoms. The Morgan fingerprint density at radius 3 is 2.06 bits per heavy atom. The van der Waals surface area contributed by atoms with E-state index in [0.29, 0.717) is 5.46 Å². The maximum absolute atomic E-state index is 12.3. The van der Waals surface area contributed by atoms with Gasteiger partial charge in [-0.15, -0.1) is 0 Å². The van der Waals surface area contributed by atoms with Gasteiger partial charge in [-0.05, 0) is 5.46 Å². The molecule has 0 N–H and O–H groups in total. The van der Waals surface area contributed by atoms with Crippen LogP contribution in [-0.4, -0.2) is 22.5 Å². The molecular formula is C7H4B3F3O3. The van der Waals surface area contributed by atoms with Crippen molar-refractivity contribution in [2.24, 2.45) is 0 Å². The van der Waals surface area contributed by atoms with Gasteiger partial charge in [0.1, 0.15) is 0 Å². The molecule has 0 saturated carbocycles. The number of alkyl halides is 3. The van der Waals surface area contributed by atoms with E-state index < -0.39 is 18.9 Å². The molecule has 80 valence electrons. The van der Waals surface area contributed by atoms with E-state index >= 15 is 0 Å². The monoisotopic (exact) mass is 226 g/mol. The van der Waals surface area contributed by atoms with Crippen LogP contribution in [0.4, 0.5) is 13.2 Å². The van der Waals surface area contributed by atoms with E-state index in [4.69, 9.17) is 9.14 Å². The van der Waals surface area contributed by atoms with Gasteiger partial charge < -0.3 is 13.7 Å². The summed E-state index contributed by atoms with van der Waals surface area (Å²) in [7, 11) is 1.33. The highest BCUT2D eigenvalue weighted by atomic mass is 19.4. The Morgan fingerprint density at radius 2 is 1.56 bits per heavy atom. The normalized spacial score (nSPS) is 16.6. The lowest BCUT2D eigenvalue weighted by molar-refractivity contribution is -0.137. The molecule has 2 radical (unpaired) electrons. The van der Waals surface area contributed by atoms with Crippen LogP contribution in [0, 0.1) is 0 Å². The van der Waals surface area contributed by atoms with Gasteiger partial charge in [-0.25, -0.2) is 0 Å². The maximum atomic E-state index is 12.3. The van der Waals surface area contributed by atoms with Gasteiger partial charge in [0.15, 0.2) is 0 Å². The Morgan fingerprint density at radius 1 is 1.00 bits per heavy atom. The minimum Gasteiger partial charge on any atom is -0.457 e. The van der Waals surface area contributed by atoms with Crippen molar-refractivity contribution in [2.45, 2.75) is 6.18 Å². The van der Waals surface area contributed by atoms with Gasteiger partial charge in [0.2, 0.25) is 0 Å². The summed E-state index contributed by atoms with van der Waals surface area (Å²) in [6.45, 7) is 0. The van der Waals surface area contributed by atoms with E-state index in [1.54, 1.807) is 0 Å². The van der Waals surface area contributed by atoms with E-state index in [1.165, 1.54) is 12.1 Å². The second-order valence-electron chi connectivity index (χ2n) is 3.05. The molecule has 0 aliphatic carbocycles. The molecule has 1 heterocycles. The van der Waals surface area contributed by atoms with Gasteiger partial charge in [-0.2, -0.15) is 13.2 Å². The van der Waals surface area contributed by atoms with Gasteiger partial charge in [0, 0.05) is 0 Å². The lowest BCUT2D eigenvalue weighted by Crippen LogP contribution is -2.44. The van der Waals surface area contributed by atoms with Crippen molar-refractivity contribution in [3.63, 3.8) is 0 Å². The first-order valence-electron chi connectivity index (χ1n) is 4.34. The van der Waals surface area contributed by atoms with Crippen molar-refractivity contribution in [3.8, 4) is 0 Å². The Labute approximate surface area is 91.6 Å². The standard InChI is InChI=1S/C7H4B3F3O3/c11-7(12,13)5-1-3-6(4-2-5)10-15-8-14-9-16-10/h1-4H. The summed E-state index contributed by atoms with van der Waals surface area (Å²) in [5, 5.41) is 0. The first kappa shape index (κ1) is 11.6. The topological polar surface area (TPSA) is 27.7 Å². The second kappa shape index (κ2) is 4.53. The fourth-order valence-corrected chi connectivity index (χ4v) is 1.21. The number of hydrogen-bond acceptors (Lipinski definition) is 3. The highest BCUT2D eigenvalue weighted by Gasteiger charge is 2.32. The van der Waals surface area contributed by atoms with E-state index in [1.807, 2.05) is 0 Å². The van der Waals surface area contributed by atoms with Crippen molar-refractivity contribution < 1.29 is 26.9 Å². The van der Waals surface area contributed by atoms with Gasteiger partial charge in [0.05, 0.1) is 5.56 Å². The maximum Gasteiger partial charge on any atom is 0.465 e. The van der Waals surface area contributed by atoms with E-state index in [2.05, 4.69) is 4.57 Å². The van der Waals surface area contributed by atoms with Crippen LogP contribution in [0.5, 0.6) is 0 Å². The third-order valence-electron chi connectivity index (χ3n) is 1.98. The van der Waals surface area contributed by atoms with Gasteiger partial charge in [0.25, 0.3) is 0 Å². The molecule has 0 spiro atoms. The summed E-state index contributed by atoms with van der Waals surface area (Å²) in [5.41, 5.74) is -0.236. The van der Waals surface area contributed by atoms with Gasteiger partial charge in [-0.3, -0.25) is 0 Å². The molecule has 1 aromatic rings. The molecule has 1 saturated heterocycles. The summed E-state index contributed by atoms with van der Waals surface area (Å²) >= 11 is 0. The first-order valence-corrected chi connectivity index (χ1v) is 4.34. The quantitative estimate of drug-likeness (QED) is 0.653. The van der Waals surface area contributed by atoms with Crippen LogP contribution < -0.4 is 5.46 Å². The third kappa shape index (κ3) is 2.60. The zero-order valence-corrected chi connectivity index (χ0v) is 7.90. The minimum absolute atomic E-state index is 0.476. The van der Waals surface area contributed by atoms with Crippen LogP contribution in [-0.2, 0) is 19.9 Å². The number of hydrogen-bond donors (Lipinski definition) is 0. The summed E-state index contributed by atoms with van der Waals surface area (Å²) in [4.78, 5) is 0. The van der Waals surface area contributed by atoms with E-state index in [9.17, 15) is 13.2 Å². The number of rotatable bonds is 1. The van der Waals surface area contributed by atoms with Crippen molar-refractivity contribution in [2.75, 3.05) is 0 Å². The fourth-order valence-electron chi connectivity index (χ4n) is 1.21. The smallest absolute Gasteiger partial charge is 0.457 e. The Kier molecular flexibility index (Phi) is 3.27. The molecule has 0 atom stereocenters. The predicted octanol–water partition coefficient (Wildman–Crippen LogP) is 0.532. The summed E-state index contributed by atoms with van der Waals surface area (Å²) in [6.07, 6.45) is -4.34. The largest absolute Gasteiger partial charge is 0.465 e. The van der Waals surface area contributed by atoms with Crippen molar-refractivity contribution in [1.82, 2.24) is 0 Å². The van der Waals surface area contributed by atoms with Crippen LogP contribution >= 0.6 is 0 Å². The number of benzene rings is 1. The van der Waals surface area contributed by atoms with E-state index in [-0.39, 0.29) is 0 Å². The van der Waals surface area contributed by atoms with E-state index in [0.717, 1.165) is 27.5 Å². The average Bonchev–Trinajstić information content (AvgIpc) is 2.29. The third-order valence-corrected chi connectivity index (χ3v) is 1.98. The van der Waals surface area contributed by atoms with Crippen LogP contribution in [0.2, 0.25) is 0 Å². The Bertz CT molecular complexity index is 350. The van der Waals surface area contributed by atoms with Crippen LogP contribution in [0.3, 0.4) is 0 Å². The lowest BCUT2D eigenvalue weighted by atomic mass is 9.75. The Hall–Kier alpha value is -0.915. The summed E-state index contributed by atoms with van der Waals surface area (Å²) < 4.78 is 51.1. The molecule has 3 nitrogen and oxygen atoms in total. The van der Waals surface area contributed by atoms with Crippen molar-refractivity contribution in [1.29, 1.82) is 0 Å². The fraction of sp³-hybridized carbons (Fsp3) is 0.143. The zero-order chi connectivity index (χ0) is 11.6. The van der Waals surface area contributed by atoms with Crippen molar-refractivity contribution >= 4 is 28.0 Å². The second-order valence-corrected chi connectivity index (χ2v) is 3.05. The molecule has 0 amide bonds. The predicted molar refractivity (Wildman–Crippen MR) is 51.6 cm³/mol. The van der Waals surface area contributed by atoms with Crippen molar-refractivity contribution in [3.05, 3.63) is 29.8 Å². The molecule has 1 aliphatic rings. The van der Waals surface area contributed by atoms with Crippen LogP contribution in [0.15, 0.2) is 24.3 Å². The van der Waals surface area contributed by atoms with Crippen LogP contribution in [0.25, 0.3) is 0 Å².